The first-order chi connectivity index (χ1) is 6.00. The summed E-state index contributed by atoms with van der Waals surface area (Å²) in [5.74, 6) is -1.44. The van der Waals surface area contributed by atoms with Crippen LogP contribution in [0.15, 0.2) is 12.1 Å². The molecular weight excluding hydrogens is 180 g/mol. The summed E-state index contributed by atoms with van der Waals surface area (Å²) in [6, 6.07) is 1.74. The van der Waals surface area contributed by atoms with Gasteiger partial charge in [0.05, 0.1) is 5.69 Å². The molecule has 0 aliphatic rings. The maximum Gasteiger partial charge on any atom is 0.409 e. The van der Waals surface area contributed by atoms with Gasteiger partial charge in [-0.15, -0.1) is 0 Å². The highest BCUT2D eigenvalue weighted by Crippen LogP contribution is 2.18. The second kappa shape index (κ2) is 3.38. The maximum absolute atomic E-state index is 12.9. The Bertz CT molecular complexity index is 352. The molecule has 0 fully saturated rings. The predicted molar refractivity (Wildman–Crippen MR) is 42.7 cm³/mol. The molecule has 0 atom stereocenters. The summed E-state index contributed by atoms with van der Waals surface area (Å²) in [5.41, 5.74) is -0.246. The third-order valence-electron chi connectivity index (χ3n) is 1.49. The summed E-state index contributed by atoms with van der Waals surface area (Å²) in [7, 11) is 0. The minimum Gasteiger partial charge on any atom is -0.465 e. The van der Waals surface area contributed by atoms with E-state index in [2.05, 4.69) is 0 Å². The van der Waals surface area contributed by atoms with Crippen LogP contribution in [0.3, 0.4) is 0 Å². The van der Waals surface area contributed by atoms with Gasteiger partial charge in [0.25, 0.3) is 0 Å². The lowest BCUT2D eigenvalue weighted by molar-refractivity contribution is 0.209. The standard InChI is InChI=1S/C8H7F2NO2/c1-4-2-6(10)7(3-5(4)9)11-8(12)13/h2-3,11H,1H3,(H,12,13). The maximum atomic E-state index is 12.9. The SMILES string of the molecule is Cc1cc(F)c(NC(=O)O)cc1F. The van der Waals surface area contributed by atoms with Crippen molar-refractivity contribution >= 4 is 11.8 Å². The Labute approximate surface area is 73.0 Å². The highest BCUT2D eigenvalue weighted by molar-refractivity contribution is 5.83. The minimum atomic E-state index is -1.43. The number of rotatable bonds is 1. The number of hydrogen-bond donors (Lipinski definition) is 2. The van der Waals surface area contributed by atoms with Gasteiger partial charge in [0.2, 0.25) is 0 Å². The summed E-state index contributed by atoms with van der Waals surface area (Å²) in [4.78, 5) is 10.1. The van der Waals surface area contributed by atoms with Crippen LogP contribution in [0, 0.1) is 18.6 Å². The van der Waals surface area contributed by atoms with E-state index in [-0.39, 0.29) is 11.3 Å². The molecule has 0 bridgehead atoms. The van der Waals surface area contributed by atoms with Crippen LogP contribution in [0.5, 0.6) is 0 Å². The van der Waals surface area contributed by atoms with E-state index in [4.69, 9.17) is 5.11 Å². The zero-order valence-electron chi connectivity index (χ0n) is 6.77. The van der Waals surface area contributed by atoms with Gasteiger partial charge in [0.15, 0.2) is 0 Å². The fourth-order valence-corrected chi connectivity index (χ4v) is 0.857. The number of carbonyl (C=O) groups is 1. The van der Waals surface area contributed by atoms with Gasteiger partial charge in [-0.2, -0.15) is 0 Å². The molecule has 2 N–H and O–H groups in total. The van der Waals surface area contributed by atoms with Crippen molar-refractivity contribution in [2.45, 2.75) is 6.92 Å². The molecule has 0 aliphatic heterocycles. The first-order valence-corrected chi connectivity index (χ1v) is 3.46. The number of aryl methyl sites for hydroxylation is 1. The Hall–Kier alpha value is -1.65. The molecule has 0 unspecified atom stereocenters. The van der Waals surface area contributed by atoms with Crippen LogP contribution in [0.4, 0.5) is 19.3 Å². The molecule has 0 heterocycles. The monoisotopic (exact) mass is 187 g/mol. The van der Waals surface area contributed by atoms with Crippen LogP contribution in [0.2, 0.25) is 0 Å². The average Bonchev–Trinajstić information content (AvgIpc) is 1.99. The van der Waals surface area contributed by atoms with Gasteiger partial charge >= 0.3 is 6.09 Å². The van der Waals surface area contributed by atoms with Crippen LogP contribution in [-0.2, 0) is 0 Å². The van der Waals surface area contributed by atoms with E-state index in [1.807, 2.05) is 0 Å². The van der Waals surface area contributed by atoms with Gasteiger partial charge in [-0.25, -0.2) is 13.6 Å². The Morgan fingerprint density at radius 3 is 2.54 bits per heavy atom. The molecule has 0 aliphatic carbocycles. The molecule has 0 saturated carbocycles. The summed E-state index contributed by atoms with van der Waals surface area (Å²) in [6.07, 6.45) is -1.43. The topological polar surface area (TPSA) is 49.3 Å². The lowest BCUT2D eigenvalue weighted by atomic mass is 10.2. The highest BCUT2D eigenvalue weighted by atomic mass is 19.1. The smallest absolute Gasteiger partial charge is 0.409 e. The molecule has 0 radical (unpaired) electrons. The van der Waals surface area contributed by atoms with Gasteiger partial charge in [0.1, 0.15) is 11.6 Å². The molecule has 70 valence electrons. The lowest BCUT2D eigenvalue weighted by Gasteiger charge is -2.04. The van der Waals surface area contributed by atoms with Crippen LogP contribution in [0.1, 0.15) is 5.56 Å². The lowest BCUT2D eigenvalue weighted by Crippen LogP contribution is -2.09. The van der Waals surface area contributed by atoms with E-state index in [9.17, 15) is 13.6 Å². The molecule has 13 heavy (non-hydrogen) atoms. The van der Waals surface area contributed by atoms with Crippen LogP contribution >= 0.6 is 0 Å². The zero-order valence-corrected chi connectivity index (χ0v) is 6.77. The van der Waals surface area contributed by atoms with Gasteiger partial charge in [-0.05, 0) is 18.6 Å². The summed E-state index contributed by atoms with van der Waals surface area (Å²) in [6.45, 7) is 1.39. The summed E-state index contributed by atoms with van der Waals surface area (Å²) < 4.78 is 25.7. The number of hydrogen-bond acceptors (Lipinski definition) is 1. The van der Waals surface area contributed by atoms with Gasteiger partial charge in [0, 0.05) is 6.07 Å². The molecule has 1 aromatic carbocycles. The molecule has 0 saturated heterocycles. The van der Waals surface area contributed by atoms with E-state index in [1.165, 1.54) is 6.92 Å². The Morgan fingerprint density at radius 1 is 1.38 bits per heavy atom. The molecule has 3 nitrogen and oxygen atoms in total. The molecular formula is C8H7F2NO2. The van der Waals surface area contributed by atoms with E-state index in [0.29, 0.717) is 0 Å². The molecule has 1 rings (SSSR count). The van der Waals surface area contributed by atoms with Crippen LogP contribution < -0.4 is 5.32 Å². The van der Waals surface area contributed by atoms with E-state index >= 15 is 0 Å². The fraction of sp³-hybridized carbons (Fsp3) is 0.125. The van der Waals surface area contributed by atoms with Crippen molar-refractivity contribution in [1.29, 1.82) is 0 Å². The van der Waals surface area contributed by atoms with Crippen LogP contribution in [0.25, 0.3) is 0 Å². The van der Waals surface area contributed by atoms with Crippen molar-refractivity contribution in [2.75, 3.05) is 5.32 Å². The second-order valence-corrected chi connectivity index (χ2v) is 2.51. The first-order valence-electron chi connectivity index (χ1n) is 3.46. The molecule has 5 heteroatoms. The highest BCUT2D eigenvalue weighted by Gasteiger charge is 2.08. The number of benzene rings is 1. The summed E-state index contributed by atoms with van der Waals surface area (Å²) in [5, 5.41) is 9.99. The fourth-order valence-electron chi connectivity index (χ4n) is 0.857. The Kier molecular flexibility index (Phi) is 2.46. The Balaban J connectivity index is 3.08. The number of halogens is 2. The average molecular weight is 187 g/mol. The third-order valence-corrected chi connectivity index (χ3v) is 1.49. The number of anilines is 1. The molecule has 0 aromatic heterocycles. The minimum absolute atomic E-state index is 0.133. The van der Waals surface area contributed by atoms with Crippen LogP contribution in [-0.4, -0.2) is 11.2 Å². The van der Waals surface area contributed by atoms with Crippen molar-refractivity contribution in [3.8, 4) is 0 Å². The molecule has 1 amide bonds. The first kappa shape index (κ1) is 9.44. The van der Waals surface area contributed by atoms with Crippen molar-refractivity contribution in [3.63, 3.8) is 0 Å². The normalized spacial score (nSPS) is 9.77. The van der Waals surface area contributed by atoms with Gasteiger partial charge < -0.3 is 5.11 Å². The van der Waals surface area contributed by atoms with E-state index < -0.39 is 17.7 Å². The van der Waals surface area contributed by atoms with Crippen molar-refractivity contribution in [1.82, 2.24) is 0 Å². The number of carboxylic acid groups (broad SMARTS) is 1. The third kappa shape index (κ3) is 2.14. The van der Waals surface area contributed by atoms with Crippen molar-refractivity contribution in [3.05, 3.63) is 29.3 Å². The number of amides is 1. The second-order valence-electron chi connectivity index (χ2n) is 2.51. The van der Waals surface area contributed by atoms with E-state index in [1.54, 1.807) is 5.32 Å². The quantitative estimate of drug-likeness (QED) is 0.708. The van der Waals surface area contributed by atoms with Gasteiger partial charge in [-0.3, -0.25) is 5.32 Å². The van der Waals surface area contributed by atoms with Crippen molar-refractivity contribution in [2.24, 2.45) is 0 Å². The summed E-state index contributed by atoms with van der Waals surface area (Å²) >= 11 is 0. The Morgan fingerprint density at radius 2 is 2.00 bits per heavy atom. The predicted octanol–water partition coefficient (Wildman–Crippen LogP) is 2.36. The largest absolute Gasteiger partial charge is 0.465 e. The van der Waals surface area contributed by atoms with Gasteiger partial charge in [-0.1, -0.05) is 0 Å². The van der Waals surface area contributed by atoms with Crippen molar-refractivity contribution < 1.29 is 18.7 Å². The molecule has 0 spiro atoms. The van der Waals surface area contributed by atoms with E-state index in [0.717, 1.165) is 12.1 Å². The zero-order chi connectivity index (χ0) is 10.0. The number of nitrogens with one attached hydrogen (secondary N) is 1. The molecule has 1 aromatic rings.